The van der Waals surface area contributed by atoms with Crippen LogP contribution in [0.15, 0.2) is 35.7 Å². The van der Waals surface area contributed by atoms with Crippen LogP contribution >= 0.6 is 22.9 Å². The summed E-state index contributed by atoms with van der Waals surface area (Å²) in [4.78, 5) is 12.1. The van der Waals surface area contributed by atoms with Crippen LogP contribution in [-0.2, 0) is 12.8 Å². The lowest BCUT2D eigenvalue weighted by Crippen LogP contribution is -2.19. The van der Waals surface area contributed by atoms with E-state index in [4.69, 9.17) is 16.3 Å². The SMILES string of the molecule is O=C(Nc1c(F)c(F)c(C(F)(F)F)c(F)c1F)c1cc(COc2ccc(Cl)cc2)cs1. The number of amides is 1. The van der Waals surface area contributed by atoms with Crippen LogP contribution in [0.4, 0.5) is 36.4 Å². The Balaban J connectivity index is 1.77. The van der Waals surface area contributed by atoms with E-state index in [-0.39, 0.29) is 11.5 Å². The van der Waals surface area contributed by atoms with E-state index < -0.39 is 46.6 Å². The molecule has 164 valence electrons. The Bertz CT molecular complexity index is 1100. The molecule has 3 nitrogen and oxygen atoms in total. The lowest BCUT2D eigenvalue weighted by atomic mass is 10.1. The molecule has 1 N–H and O–H groups in total. The summed E-state index contributed by atoms with van der Waals surface area (Å²) in [6, 6.07) is 7.66. The summed E-state index contributed by atoms with van der Waals surface area (Å²) >= 11 is 6.57. The van der Waals surface area contributed by atoms with E-state index in [1.165, 1.54) is 11.4 Å². The molecule has 1 aromatic heterocycles. The minimum atomic E-state index is -5.68. The van der Waals surface area contributed by atoms with Crippen molar-refractivity contribution in [1.29, 1.82) is 0 Å². The van der Waals surface area contributed by atoms with E-state index in [0.717, 1.165) is 11.3 Å². The molecule has 1 amide bonds. The highest BCUT2D eigenvalue weighted by Gasteiger charge is 2.42. The molecule has 1 heterocycles. The zero-order valence-electron chi connectivity index (χ0n) is 14.9. The molecular formula is C19H9ClF7NO2S. The number of carbonyl (C=O) groups excluding carboxylic acids is 1. The van der Waals surface area contributed by atoms with Crippen molar-refractivity contribution in [2.45, 2.75) is 12.8 Å². The summed E-state index contributed by atoms with van der Waals surface area (Å²) in [7, 11) is 0. The van der Waals surface area contributed by atoms with E-state index in [0.29, 0.717) is 16.3 Å². The van der Waals surface area contributed by atoms with Crippen LogP contribution < -0.4 is 10.1 Å². The van der Waals surface area contributed by atoms with Gasteiger partial charge in [-0.2, -0.15) is 13.2 Å². The Hall–Kier alpha value is -2.79. The summed E-state index contributed by atoms with van der Waals surface area (Å²) in [6.07, 6.45) is -5.68. The molecule has 3 rings (SSSR count). The van der Waals surface area contributed by atoms with Crippen molar-refractivity contribution < 1.29 is 40.3 Å². The van der Waals surface area contributed by atoms with Gasteiger partial charge in [0.15, 0.2) is 23.3 Å². The van der Waals surface area contributed by atoms with Crippen LogP contribution in [0, 0.1) is 23.3 Å². The van der Waals surface area contributed by atoms with Gasteiger partial charge in [-0.3, -0.25) is 4.79 Å². The van der Waals surface area contributed by atoms with Crippen molar-refractivity contribution in [3.05, 3.63) is 80.0 Å². The van der Waals surface area contributed by atoms with Gasteiger partial charge in [-0.1, -0.05) is 11.6 Å². The van der Waals surface area contributed by atoms with E-state index in [1.54, 1.807) is 29.6 Å². The molecule has 0 saturated carbocycles. The van der Waals surface area contributed by atoms with Crippen LogP contribution in [0.5, 0.6) is 5.75 Å². The van der Waals surface area contributed by atoms with Crippen molar-refractivity contribution in [1.82, 2.24) is 0 Å². The maximum Gasteiger partial charge on any atom is 0.422 e. The number of rotatable bonds is 5. The van der Waals surface area contributed by atoms with Crippen LogP contribution in [-0.4, -0.2) is 5.91 Å². The monoisotopic (exact) mass is 483 g/mol. The van der Waals surface area contributed by atoms with Crippen LogP contribution in [0.3, 0.4) is 0 Å². The van der Waals surface area contributed by atoms with Gasteiger partial charge in [-0.15, -0.1) is 11.3 Å². The molecule has 0 unspecified atom stereocenters. The van der Waals surface area contributed by atoms with Crippen LogP contribution in [0.25, 0.3) is 0 Å². The number of carbonyl (C=O) groups is 1. The average Bonchev–Trinajstić information content (AvgIpc) is 3.17. The molecule has 12 heteroatoms. The quantitative estimate of drug-likeness (QED) is 0.320. The first-order chi connectivity index (χ1) is 14.5. The summed E-state index contributed by atoms with van der Waals surface area (Å²) in [5.41, 5.74) is -3.91. The molecule has 2 aromatic carbocycles. The Morgan fingerprint density at radius 2 is 1.58 bits per heavy atom. The summed E-state index contributed by atoms with van der Waals surface area (Å²) in [6.45, 7) is 0.0116. The molecule has 0 aliphatic carbocycles. The number of ether oxygens (including phenoxy) is 1. The second-order valence-electron chi connectivity index (χ2n) is 6.02. The Kier molecular flexibility index (Phi) is 6.46. The maximum atomic E-state index is 13.9. The van der Waals surface area contributed by atoms with E-state index in [2.05, 4.69) is 0 Å². The first kappa shape index (κ1) is 22.9. The lowest BCUT2D eigenvalue weighted by Gasteiger charge is -2.14. The smallest absolute Gasteiger partial charge is 0.422 e. The van der Waals surface area contributed by atoms with Crippen molar-refractivity contribution in [2.75, 3.05) is 5.32 Å². The predicted molar refractivity (Wildman–Crippen MR) is 99.3 cm³/mol. The fourth-order valence-electron chi connectivity index (χ4n) is 2.43. The fraction of sp³-hybridized carbons (Fsp3) is 0.105. The van der Waals surface area contributed by atoms with E-state index in [1.807, 2.05) is 0 Å². The Labute approximate surface area is 179 Å². The van der Waals surface area contributed by atoms with Gasteiger partial charge in [-0.05, 0) is 35.7 Å². The third-order valence-corrected chi connectivity index (χ3v) is 5.11. The molecule has 31 heavy (non-hydrogen) atoms. The largest absolute Gasteiger partial charge is 0.489 e. The van der Waals surface area contributed by atoms with Gasteiger partial charge in [0.1, 0.15) is 23.6 Å². The van der Waals surface area contributed by atoms with Gasteiger partial charge in [0.05, 0.1) is 4.88 Å². The molecule has 0 bridgehead atoms. The summed E-state index contributed by atoms with van der Waals surface area (Å²) in [5, 5.41) is 3.54. The molecule has 0 saturated heterocycles. The van der Waals surface area contributed by atoms with Crippen molar-refractivity contribution in [2.24, 2.45) is 0 Å². The van der Waals surface area contributed by atoms with Gasteiger partial charge in [0.2, 0.25) is 0 Å². The van der Waals surface area contributed by atoms with Gasteiger partial charge in [0.25, 0.3) is 5.91 Å². The van der Waals surface area contributed by atoms with Gasteiger partial charge >= 0.3 is 6.18 Å². The molecule has 0 radical (unpaired) electrons. The summed E-state index contributed by atoms with van der Waals surface area (Å²) in [5.74, 6) is -10.8. The second kappa shape index (κ2) is 8.75. The first-order valence-corrected chi connectivity index (χ1v) is 9.45. The van der Waals surface area contributed by atoms with Gasteiger partial charge in [0, 0.05) is 10.6 Å². The number of anilines is 1. The highest BCUT2D eigenvalue weighted by molar-refractivity contribution is 7.12. The minimum Gasteiger partial charge on any atom is -0.489 e. The summed E-state index contributed by atoms with van der Waals surface area (Å²) < 4.78 is 98.5. The Morgan fingerprint density at radius 1 is 1.00 bits per heavy atom. The highest BCUT2D eigenvalue weighted by atomic mass is 35.5. The zero-order chi connectivity index (χ0) is 22.9. The molecule has 0 aliphatic rings. The highest BCUT2D eigenvalue weighted by Crippen LogP contribution is 2.38. The number of halogens is 8. The average molecular weight is 484 g/mol. The third-order valence-electron chi connectivity index (χ3n) is 3.88. The van der Waals surface area contributed by atoms with Crippen molar-refractivity contribution >= 4 is 34.5 Å². The number of thiophene rings is 1. The van der Waals surface area contributed by atoms with Crippen LogP contribution in [0.1, 0.15) is 20.8 Å². The number of benzene rings is 2. The molecule has 0 atom stereocenters. The van der Waals surface area contributed by atoms with Gasteiger partial charge < -0.3 is 10.1 Å². The molecular weight excluding hydrogens is 475 g/mol. The standard InChI is InChI=1S/C19H9ClF7NO2S/c20-9-1-3-10(4-2-9)30-6-8-5-11(31-7-8)18(29)28-17-15(23)13(21)12(19(25,26)27)14(22)16(17)24/h1-5,7H,6H2,(H,28,29). The minimum absolute atomic E-state index is 0.0116. The number of alkyl halides is 3. The lowest BCUT2D eigenvalue weighted by molar-refractivity contribution is -0.143. The number of hydrogen-bond donors (Lipinski definition) is 1. The third kappa shape index (κ3) is 4.93. The van der Waals surface area contributed by atoms with Crippen LogP contribution in [0.2, 0.25) is 5.02 Å². The first-order valence-electron chi connectivity index (χ1n) is 8.19. The van der Waals surface area contributed by atoms with E-state index in [9.17, 15) is 35.5 Å². The fourth-order valence-corrected chi connectivity index (χ4v) is 3.35. The van der Waals surface area contributed by atoms with E-state index >= 15 is 0 Å². The Morgan fingerprint density at radius 3 is 2.13 bits per heavy atom. The number of nitrogens with one attached hydrogen (secondary N) is 1. The molecule has 0 fully saturated rings. The maximum absolute atomic E-state index is 13.9. The number of hydrogen-bond acceptors (Lipinski definition) is 3. The topological polar surface area (TPSA) is 38.3 Å². The predicted octanol–water partition coefficient (Wildman–Crippen LogP) is 6.81. The molecule has 3 aromatic rings. The zero-order valence-corrected chi connectivity index (χ0v) is 16.5. The van der Waals surface area contributed by atoms with Crippen molar-refractivity contribution in [3.8, 4) is 5.75 Å². The van der Waals surface area contributed by atoms with Gasteiger partial charge in [-0.25, -0.2) is 17.6 Å². The normalized spacial score (nSPS) is 11.5. The molecule has 0 aliphatic heterocycles. The molecule has 0 spiro atoms. The second-order valence-corrected chi connectivity index (χ2v) is 7.37. The van der Waals surface area contributed by atoms with Crippen molar-refractivity contribution in [3.63, 3.8) is 0 Å².